The van der Waals surface area contributed by atoms with Crippen LogP contribution < -0.4 is 0 Å². The van der Waals surface area contributed by atoms with Crippen molar-refractivity contribution in [3.05, 3.63) is 113 Å². The van der Waals surface area contributed by atoms with Crippen molar-refractivity contribution in [3.8, 4) is 57.4 Å². The first-order valence-corrected chi connectivity index (χ1v) is 21.1. The third-order valence-electron chi connectivity index (χ3n) is 14.1. The van der Waals surface area contributed by atoms with E-state index >= 15 is 0 Å². The minimum absolute atomic E-state index is 0.251. The molecule has 0 amide bonds. The van der Waals surface area contributed by atoms with Crippen molar-refractivity contribution in [2.45, 2.75) is 103 Å². The molecule has 4 fully saturated rings. The van der Waals surface area contributed by atoms with E-state index in [1.165, 1.54) is 75.3 Å². The van der Waals surface area contributed by atoms with Crippen LogP contribution in [-0.4, -0.2) is 15.0 Å². The lowest BCUT2D eigenvalue weighted by molar-refractivity contribution is 0.0779. The van der Waals surface area contributed by atoms with Gasteiger partial charge in [-0.3, -0.25) is 0 Å². The molecule has 4 saturated carbocycles. The molecule has 4 aromatic carbocycles. The average Bonchev–Trinajstić information content (AvgIpc) is 3.19. The maximum absolute atomic E-state index is 10.1. The highest BCUT2D eigenvalue weighted by Gasteiger charge is 2.46. The average molecular weight is 736 g/mol. The van der Waals surface area contributed by atoms with Gasteiger partial charge in [0.2, 0.25) is 0 Å². The highest BCUT2D eigenvalue weighted by molar-refractivity contribution is 5.75. The van der Waals surface area contributed by atoms with Crippen molar-refractivity contribution < 1.29 is 0 Å². The number of hydrogen-bond acceptors (Lipinski definition) is 5. The van der Waals surface area contributed by atoms with E-state index in [9.17, 15) is 10.5 Å². The van der Waals surface area contributed by atoms with E-state index in [0.29, 0.717) is 28.6 Å². The third kappa shape index (κ3) is 6.96. The number of nitrogens with zero attached hydrogens (tertiary/aromatic N) is 5. The molecule has 56 heavy (non-hydrogen) atoms. The van der Waals surface area contributed by atoms with Crippen LogP contribution in [0, 0.1) is 58.2 Å². The van der Waals surface area contributed by atoms with Gasteiger partial charge in [0.25, 0.3) is 0 Å². The number of fused-ring (bicyclic) bond motifs is 4. The summed E-state index contributed by atoms with van der Waals surface area (Å²) in [5.41, 5.74) is 9.04. The minimum atomic E-state index is 0.251. The topological polar surface area (TPSA) is 86.2 Å². The Balaban J connectivity index is 1.13. The number of benzene rings is 4. The fourth-order valence-corrected chi connectivity index (χ4v) is 12.5. The number of nitriles is 2. The summed E-state index contributed by atoms with van der Waals surface area (Å²) in [6.45, 7) is 9.78. The molecular weight excluding hydrogens is 683 g/mol. The molecule has 9 rings (SSSR count). The smallest absolute Gasteiger partial charge is 0.164 e. The van der Waals surface area contributed by atoms with Crippen LogP contribution in [0.25, 0.3) is 45.3 Å². The Morgan fingerprint density at radius 3 is 1.21 bits per heavy atom. The molecule has 5 aromatic rings. The van der Waals surface area contributed by atoms with Crippen molar-refractivity contribution in [1.29, 1.82) is 10.5 Å². The first kappa shape index (κ1) is 36.5. The molecular formula is C51H53N5. The van der Waals surface area contributed by atoms with E-state index in [-0.39, 0.29) is 10.8 Å². The van der Waals surface area contributed by atoms with Crippen molar-refractivity contribution in [3.63, 3.8) is 0 Å². The Morgan fingerprint density at radius 2 is 0.804 bits per heavy atom. The van der Waals surface area contributed by atoms with Crippen molar-refractivity contribution in [1.82, 2.24) is 15.0 Å². The van der Waals surface area contributed by atoms with Gasteiger partial charge < -0.3 is 0 Å². The van der Waals surface area contributed by atoms with E-state index in [4.69, 9.17) is 15.0 Å². The summed E-state index contributed by atoms with van der Waals surface area (Å²) in [5.74, 6) is 6.47. The molecule has 4 aliphatic carbocycles. The van der Waals surface area contributed by atoms with Crippen LogP contribution >= 0.6 is 0 Å². The van der Waals surface area contributed by atoms with Gasteiger partial charge in [-0.1, -0.05) is 88.4 Å². The summed E-state index contributed by atoms with van der Waals surface area (Å²) in [7, 11) is 0. The zero-order chi connectivity index (χ0) is 38.6. The van der Waals surface area contributed by atoms with Gasteiger partial charge in [-0.15, -0.1) is 0 Å². The SMILES string of the molecule is CC1C[C@@H]2C[C@H](C)CC(c3ccc(-c4nc(-c5ccc(C67C[C@H](C)C[C@H](C[C@H](C)C6)C7)cc5)nc(-c5cc(C#N)cc(-c6ccc(C#N)cc6)c5)n4)cc3)(C1)C2. The highest BCUT2D eigenvalue weighted by Crippen LogP contribution is 2.55. The normalized spacial score (nSPS) is 29.5. The first-order chi connectivity index (χ1) is 27.1. The molecule has 0 saturated heterocycles. The van der Waals surface area contributed by atoms with Crippen molar-refractivity contribution in [2.24, 2.45) is 35.5 Å². The largest absolute Gasteiger partial charge is 0.208 e. The van der Waals surface area contributed by atoms with Gasteiger partial charge >= 0.3 is 0 Å². The zero-order valence-corrected chi connectivity index (χ0v) is 33.4. The Hall–Kier alpha value is -5.13. The molecule has 3 unspecified atom stereocenters. The van der Waals surface area contributed by atoms with E-state index in [2.05, 4.69) is 88.4 Å². The number of rotatable bonds is 6. The minimum Gasteiger partial charge on any atom is -0.208 e. The fraction of sp³-hybridized carbons (Fsp3) is 0.431. The summed E-state index contributed by atoms with van der Waals surface area (Å²) in [4.78, 5) is 15.5. The van der Waals surface area contributed by atoms with Crippen LogP contribution in [0.4, 0.5) is 0 Å². The number of hydrogen-bond donors (Lipinski definition) is 0. The summed E-state index contributed by atoms with van der Waals surface area (Å²) >= 11 is 0. The molecule has 5 nitrogen and oxygen atoms in total. The quantitative estimate of drug-likeness (QED) is 0.173. The Kier molecular flexibility index (Phi) is 9.40. The van der Waals surface area contributed by atoms with Gasteiger partial charge in [0.05, 0.1) is 23.3 Å². The molecule has 0 spiro atoms. The zero-order valence-electron chi connectivity index (χ0n) is 33.4. The van der Waals surface area contributed by atoms with Gasteiger partial charge in [-0.25, -0.2) is 15.0 Å². The summed E-state index contributed by atoms with van der Waals surface area (Å²) in [6, 6.07) is 36.1. The molecule has 1 heterocycles. The van der Waals surface area contributed by atoms with Crippen LogP contribution in [0.1, 0.15) is 114 Å². The fourth-order valence-electron chi connectivity index (χ4n) is 12.5. The highest BCUT2D eigenvalue weighted by atomic mass is 15.0. The van der Waals surface area contributed by atoms with E-state index in [1.807, 2.05) is 42.5 Å². The maximum atomic E-state index is 10.1. The van der Waals surface area contributed by atoms with Gasteiger partial charge in [-0.2, -0.15) is 10.5 Å². The number of aromatic nitrogens is 3. The van der Waals surface area contributed by atoms with Gasteiger partial charge in [0, 0.05) is 16.7 Å². The molecule has 0 aliphatic heterocycles. The lowest BCUT2D eigenvalue weighted by Crippen LogP contribution is -2.42. The standard InChI is InChI=1S/C51H53N5/c1-32-17-37-18-33(2)25-50(24-32,28-37)45-13-9-41(10-14-45)47-54-48(42-11-15-46(16-12-42)51-26-34(3)19-38(29-51)20-35(4)27-51)56-49(55-47)44-22-39(31-53)21-43(23-44)40-7-5-36(30-52)6-8-40/h5-16,21-23,32-35,37-38H,17-20,24-29H2,1-4H3/t32-,33+,34-,35?,37-,38-,50?,51?/m0/s1. The summed E-state index contributed by atoms with van der Waals surface area (Å²) in [6.07, 6.45) is 13.1. The van der Waals surface area contributed by atoms with Gasteiger partial charge in [-0.05, 0) is 163 Å². The Labute approximate surface area is 333 Å². The van der Waals surface area contributed by atoms with Crippen LogP contribution in [0.3, 0.4) is 0 Å². The molecule has 1 aromatic heterocycles. The van der Waals surface area contributed by atoms with E-state index in [1.54, 1.807) is 0 Å². The molecule has 4 bridgehead atoms. The molecule has 282 valence electrons. The van der Waals surface area contributed by atoms with Gasteiger partial charge in [0.1, 0.15) is 0 Å². The molecule has 4 aliphatic rings. The Morgan fingerprint density at radius 1 is 0.429 bits per heavy atom. The first-order valence-electron chi connectivity index (χ1n) is 21.1. The summed E-state index contributed by atoms with van der Waals surface area (Å²) < 4.78 is 0. The predicted octanol–water partition coefficient (Wildman–Crippen LogP) is 12.5. The van der Waals surface area contributed by atoms with Crippen LogP contribution in [0.5, 0.6) is 0 Å². The molecule has 0 radical (unpaired) electrons. The van der Waals surface area contributed by atoms with E-state index in [0.717, 1.165) is 63.3 Å². The predicted molar refractivity (Wildman–Crippen MR) is 224 cm³/mol. The second kappa shape index (κ2) is 14.4. The lowest BCUT2D eigenvalue weighted by Gasteiger charge is -2.50. The maximum Gasteiger partial charge on any atom is 0.164 e. The van der Waals surface area contributed by atoms with Crippen molar-refractivity contribution in [2.75, 3.05) is 0 Å². The second-order valence-electron chi connectivity index (χ2n) is 18.9. The van der Waals surface area contributed by atoms with Crippen molar-refractivity contribution >= 4 is 0 Å². The Bertz CT molecular complexity index is 2180. The van der Waals surface area contributed by atoms with Crippen LogP contribution in [0.2, 0.25) is 0 Å². The monoisotopic (exact) mass is 735 g/mol. The molecule has 8 atom stereocenters. The van der Waals surface area contributed by atoms with Gasteiger partial charge in [0.15, 0.2) is 17.5 Å². The third-order valence-corrected chi connectivity index (χ3v) is 14.1. The lowest BCUT2D eigenvalue weighted by atomic mass is 9.54. The van der Waals surface area contributed by atoms with E-state index < -0.39 is 0 Å². The summed E-state index contributed by atoms with van der Waals surface area (Å²) in [5, 5.41) is 19.5. The molecule has 0 N–H and O–H groups in total. The van der Waals surface area contributed by atoms with Crippen LogP contribution in [0.15, 0.2) is 91.0 Å². The van der Waals surface area contributed by atoms with Crippen LogP contribution in [-0.2, 0) is 10.8 Å². The molecule has 5 heteroatoms. The second-order valence-corrected chi connectivity index (χ2v) is 18.9.